The largest absolute Gasteiger partial charge is 0.370 e. The highest BCUT2D eigenvalue weighted by molar-refractivity contribution is 9.10. The Balaban J connectivity index is 3.11. The van der Waals surface area contributed by atoms with Gasteiger partial charge in [-0.1, -0.05) is 11.6 Å². The molecule has 0 spiro atoms. The van der Waals surface area contributed by atoms with Gasteiger partial charge in [0.1, 0.15) is 10.0 Å². The van der Waals surface area contributed by atoms with Gasteiger partial charge in [-0.3, -0.25) is 4.79 Å². The van der Waals surface area contributed by atoms with Crippen LogP contribution in [-0.2, 0) is 14.8 Å². The molecule has 0 unspecified atom stereocenters. The molecule has 0 aliphatic carbocycles. The SMILES string of the molecule is CC(C)(CC(N)=O)NS(=O)(=O)c1cc(Br)cnc1Cl. The Labute approximate surface area is 124 Å². The topological polar surface area (TPSA) is 102 Å². The minimum Gasteiger partial charge on any atom is -0.370 e. The first-order valence-corrected chi connectivity index (χ1v) is 7.82. The summed E-state index contributed by atoms with van der Waals surface area (Å²) in [6.45, 7) is 3.10. The lowest BCUT2D eigenvalue weighted by Crippen LogP contribution is -2.46. The van der Waals surface area contributed by atoms with Crippen molar-refractivity contribution in [1.82, 2.24) is 9.71 Å². The number of hydrogen-bond acceptors (Lipinski definition) is 4. The van der Waals surface area contributed by atoms with Gasteiger partial charge in [0.15, 0.2) is 0 Å². The lowest BCUT2D eigenvalue weighted by atomic mass is 10.0. The minimum atomic E-state index is -3.90. The van der Waals surface area contributed by atoms with E-state index in [1.54, 1.807) is 13.8 Å². The Bertz CT molecular complexity index is 604. The molecule has 1 heterocycles. The van der Waals surface area contributed by atoms with Crippen molar-refractivity contribution >= 4 is 43.5 Å². The van der Waals surface area contributed by atoms with Crippen LogP contribution < -0.4 is 10.5 Å². The number of carbonyl (C=O) groups excluding carboxylic acids is 1. The van der Waals surface area contributed by atoms with Crippen molar-refractivity contribution in [3.8, 4) is 0 Å². The second-order valence-corrected chi connectivity index (χ2v) is 7.50. The van der Waals surface area contributed by atoms with Gasteiger partial charge >= 0.3 is 0 Å². The molecule has 1 aromatic rings. The van der Waals surface area contributed by atoms with Gasteiger partial charge in [-0.05, 0) is 35.8 Å². The highest BCUT2D eigenvalue weighted by Crippen LogP contribution is 2.24. The summed E-state index contributed by atoms with van der Waals surface area (Å²) in [4.78, 5) is 14.5. The fourth-order valence-electron chi connectivity index (χ4n) is 1.48. The van der Waals surface area contributed by atoms with Gasteiger partial charge in [0.05, 0.1) is 0 Å². The van der Waals surface area contributed by atoms with Crippen LogP contribution in [0.15, 0.2) is 21.6 Å². The number of sulfonamides is 1. The Morgan fingerprint density at radius 1 is 1.58 bits per heavy atom. The summed E-state index contributed by atoms with van der Waals surface area (Å²) >= 11 is 8.89. The third kappa shape index (κ3) is 4.72. The van der Waals surface area contributed by atoms with Crippen molar-refractivity contribution in [3.05, 3.63) is 21.9 Å². The van der Waals surface area contributed by atoms with E-state index in [0.717, 1.165) is 0 Å². The summed E-state index contributed by atoms with van der Waals surface area (Å²) in [5.74, 6) is -0.605. The van der Waals surface area contributed by atoms with Crippen LogP contribution in [0.1, 0.15) is 20.3 Å². The number of rotatable bonds is 5. The number of nitrogens with one attached hydrogen (secondary N) is 1. The number of amides is 1. The van der Waals surface area contributed by atoms with Crippen LogP contribution in [0, 0.1) is 0 Å². The quantitative estimate of drug-likeness (QED) is 0.765. The predicted molar refractivity (Wildman–Crippen MR) is 75.2 cm³/mol. The summed E-state index contributed by atoms with van der Waals surface area (Å²) in [6.07, 6.45) is 1.25. The molecule has 1 aromatic heterocycles. The minimum absolute atomic E-state index is 0.134. The van der Waals surface area contributed by atoms with E-state index in [9.17, 15) is 13.2 Å². The Hall–Kier alpha value is -0.700. The van der Waals surface area contributed by atoms with E-state index >= 15 is 0 Å². The van der Waals surface area contributed by atoms with Gasteiger partial charge < -0.3 is 5.73 Å². The molecule has 0 aliphatic heterocycles. The Morgan fingerprint density at radius 3 is 2.68 bits per heavy atom. The van der Waals surface area contributed by atoms with Crippen molar-refractivity contribution in [2.75, 3.05) is 0 Å². The Kier molecular flexibility index (Phi) is 4.94. The third-order valence-corrected chi connectivity index (χ3v) is 4.65. The molecular weight excluding hydrogens is 358 g/mol. The van der Waals surface area contributed by atoms with Crippen molar-refractivity contribution in [1.29, 1.82) is 0 Å². The van der Waals surface area contributed by atoms with Crippen molar-refractivity contribution in [2.24, 2.45) is 5.73 Å². The zero-order chi connectivity index (χ0) is 14.8. The van der Waals surface area contributed by atoms with E-state index in [0.29, 0.717) is 4.47 Å². The van der Waals surface area contributed by atoms with Crippen LogP contribution in [0.5, 0.6) is 0 Å². The molecule has 0 aromatic carbocycles. The summed E-state index contributed by atoms with van der Waals surface area (Å²) < 4.78 is 27.2. The highest BCUT2D eigenvalue weighted by atomic mass is 79.9. The number of pyridine rings is 1. The maximum atomic E-state index is 12.2. The number of nitrogens with zero attached hydrogens (tertiary/aromatic N) is 1. The second kappa shape index (κ2) is 5.74. The molecule has 1 amide bonds. The van der Waals surface area contributed by atoms with E-state index in [1.807, 2.05) is 0 Å². The first-order valence-electron chi connectivity index (χ1n) is 5.17. The summed E-state index contributed by atoms with van der Waals surface area (Å²) in [7, 11) is -3.90. The molecule has 0 saturated heterocycles. The number of nitrogens with two attached hydrogens (primary N) is 1. The fraction of sp³-hybridized carbons (Fsp3) is 0.400. The van der Waals surface area contributed by atoms with Crippen molar-refractivity contribution in [2.45, 2.75) is 30.7 Å². The first-order chi connectivity index (χ1) is 8.53. The maximum absolute atomic E-state index is 12.2. The molecule has 6 nitrogen and oxygen atoms in total. The lowest BCUT2D eigenvalue weighted by molar-refractivity contribution is -0.119. The molecule has 0 saturated carbocycles. The van der Waals surface area contributed by atoms with Crippen LogP contribution in [0.4, 0.5) is 0 Å². The monoisotopic (exact) mass is 369 g/mol. The molecule has 1 rings (SSSR count). The molecule has 0 radical (unpaired) electrons. The van der Waals surface area contributed by atoms with Gasteiger partial charge in [-0.15, -0.1) is 0 Å². The standard InChI is InChI=1S/C10H13BrClN3O3S/c1-10(2,4-8(13)16)15-19(17,18)7-3-6(11)5-14-9(7)12/h3,5,15H,4H2,1-2H3,(H2,13,16). The van der Waals surface area contributed by atoms with E-state index in [-0.39, 0.29) is 16.5 Å². The third-order valence-electron chi connectivity index (χ3n) is 2.09. The molecule has 9 heteroatoms. The van der Waals surface area contributed by atoms with Crippen molar-refractivity contribution in [3.63, 3.8) is 0 Å². The molecule has 0 atom stereocenters. The zero-order valence-corrected chi connectivity index (χ0v) is 13.4. The summed E-state index contributed by atoms with van der Waals surface area (Å²) in [5, 5.41) is -0.148. The van der Waals surface area contributed by atoms with Gasteiger partial charge in [0.25, 0.3) is 0 Å². The zero-order valence-electron chi connectivity index (χ0n) is 10.3. The normalized spacial score (nSPS) is 12.4. The number of carbonyl (C=O) groups is 1. The molecular formula is C10H13BrClN3O3S. The predicted octanol–water partition coefficient (Wildman–Crippen LogP) is 1.43. The maximum Gasteiger partial charge on any atom is 0.244 e. The van der Waals surface area contributed by atoms with Crippen LogP contribution >= 0.6 is 27.5 Å². The van der Waals surface area contributed by atoms with Gasteiger partial charge in [-0.25, -0.2) is 18.1 Å². The number of primary amides is 1. The van der Waals surface area contributed by atoms with Gasteiger partial charge in [0, 0.05) is 22.6 Å². The summed E-state index contributed by atoms with van der Waals surface area (Å²) in [6, 6.07) is 1.33. The molecule has 106 valence electrons. The van der Waals surface area contributed by atoms with E-state index in [4.69, 9.17) is 17.3 Å². The first kappa shape index (κ1) is 16.4. The van der Waals surface area contributed by atoms with Crippen LogP contribution in [0.3, 0.4) is 0 Å². The molecule has 0 aliphatic rings. The second-order valence-electron chi connectivity index (χ2n) is 4.57. The number of halogens is 2. The van der Waals surface area contributed by atoms with E-state index < -0.39 is 21.5 Å². The smallest absolute Gasteiger partial charge is 0.244 e. The van der Waals surface area contributed by atoms with E-state index in [1.165, 1.54) is 12.3 Å². The average Bonchev–Trinajstić information content (AvgIpc) is 2.17. The highest BCUT2D eigenvalue weighted by Gasteiger charge is 2.29. The van der Waals surface area contributed by atoms with Crippen LogP contribution in [-0.4, -0.2) is 24.8 Å². The fourth-order valence-corrected chi connectivity index (χ4v) is 3.84. The number of hydrogen-bond donors (Lipinski definition) is 2. The van der Waals surface area contributed by atoms with Crippen LogP contribution in [0.2, 0.25) is 5.15 Å². The van der Waals surface area contributed by atoms with E-state index in [2.05, 4.69) is 25.6 Å². The summed E-state index contributed by atoms with van der Waals surface area (Å²) in [5.41, 5.74) is 4.05. The average molecular weight is 371 g/mol. The lowest BCUT2D eigenvalue weighted by Gasteiger charge is -2.24. The van der Waals surface area contributed by atoms with Gasteiger partial charge in [-0.2, -0.15) is 0 Å². The van der Waals surface area contributed by atoms with Crippen LogP contribution in [0.25, 0.3) is 0 Å². The molecule has 19 heavy (non-hydrogen) atoms. The Morgan fingerprint density at radius 2 is 2.16 bits per heavy atom. The molecule has 0 fully saturated rings. The molecule has 0 bridgehead atoms. The molecule has 3 N–H and O–H groups in total. The van der Waals surface area contributed by atoms with Crippen molar-refractivity contribution < 1.29 is 13.2 Å². The number of aromatic nitrogens is 1. The van der Waals surface area contributed by atoms with Gasteiger partial charge in [0.2, 0.25) is 15.9 Å².